The molecule has 0 aliphatic rings. The van der Waals surface area contributed by atoms with E-state index < -0.39 is 7.12 Å². The summed E-state index contributed by atoms with van der Waals surface area (Å²) in [6.07, 6.45) is 0. The highest BCUT2D eigenvalue weighted by Crippen LogP contribution is 2.22. The van der Waals surface area contributed by atoms with Gasteiger partial charge < -0.3 is 10.0 Å². The van der Waals surface area contributed by atoms with Crippen molar-refractivity contribution < 1.29 is 10.0 Å². The second-order valence-corrected chi connectivity index (χ2v) is 4.08. The minimum atomic E-state index is -1.37. The van der Waals surface area contributed by atoms with Crippen molar-refractivity contribution in [3.8, 4) is 0 Å². The first-order chi connectivity index (χ1) is 6.52. The van der Waals surface area contributed by atoms with E-state index in [1.165, 1.54) is 0 Å². The third kappa shape index (κ3) is 2.60. The summed E-state index contributed by atoms with van der Waals surface area (Å²) in [6, 6.07) is 7.47. The van der Waals surface area contributed by atoms with Gasteiger partial charge >= 0.3 is 7.12 Å². The number of hydrogen-bond acceptors (Lipinski definition) is 2. The van der Waals surface area contributed by atoms with E-state index in [0.29, 0.717) is 17.3 Å². The second-order valence-electron chi connectivity index (χ2n) is 4.08. The predicted molar refractivity (Wildman–Crippen MR) is 59.5 cm³/mol. The van der Waals surface area contributed by atoms with Gasteiger partial charge in [0.25, 0.3) is 0 Å². The van der Waals surface area contributed by atoms with Gasteiger partial charge in [0.05, 0.1) is 0 Å². The van der Waals surface area contributed by atoms with Gasteiger partial charge in [-0.3, -0.25) is 0 Å². The van der Waals surface area contributed by atoms with Crippen LogP contribution in [0.15, 0.2) is 24.3 Å². The standard InChI is InChI=1S/C11H17BO2/c1-8(2)9(3)10-5-4-6-11(7-10)12(13)14/h4-9,13-14H,1-3H3. The number of benzene rings is 1. The molecule has 3 heteroatoms. The lowest BCUT2D eigenvalue weighted by molar-refractivity contribution is 0.425. The molecular formula is C11H17BO2. The monoisotopic (exact) mass is 192 g/mol. The van der Waals surface area contributed by atoms with Crippen molar-refractivity contribution in [3.63, 3.8) is 0 Å². The van der Waals surface area contributed by atoms with Crippen LogP contribution < -0.4 is 5.46 Å². The number of rotatable bonds is 3. The van der Waals surface area contributed by atoms with E-state index in [4.69, 9.17) is 10.0 Å². The summed E-state index contributed by atoms with van der Waals surface area (Å²) in [4.78, 5) is 0. The van der Waals surface area contributed by atoms with Gasteiger partial charge in [0.15, 0.2) is 0 Å². The van der Waals surface area contributed by atoms with Gasteiger partial charge in [0, 0.05) is 0 Å². The fourth-order valence-electron chi connectivity index (χ4n) is 1.39. The van der Waals surface area contributed by atoms with E-state index in [1.54, 1.807) is 6.07 Å². The van der Waals surface area contributed by atoms with Crippen LogP contribution in [0, 0.1) is 5.92 Å². The van der Waals surface area contributed by atoms with Crippen LogP contribution in [0.2, 0.25) is 0 Å². The minimum absolute atomic E-state index is 0.439. The lowest BCUT2D eigenvalue weighted by Gasteiger charge is -2.16. The van der Waals surface area contributed by atoms with Crippen molar-refractivity contribution >= 4 is 12.6 Å². The Balaban J connectivity index is 2.93. The lowest BCUT2D eigenvalue weighted by atomic mass is 9.77. The van der Waals surface area contributed by atoms with Crippen molar-refractivity contribution in [2.75, 3.05) is 0 Å². The van der Waals surface area contributed by atoms with E-state index in [2.05, 4.69) is 20.8 Å². The molecule has 0 aliphatic heterocycles. The van der Waals surface area contributed by atoms with E-state index in [9.17, 15) is 0 Å². The highest BCUT2D eigenvalue weighted by molar-refractivity contribution is 6.58. The Morgan fingerprint density at radius 1 is 1.14 bits per heavy atom. The van der Waals surface area contributed by atoms with Crippen molar-refractivity contribution in [1.82, 2.24) is 0 Å². The molecule has 1 rings (SSSR count). The molecule has 0 aromatic heterocycles. The molecule has 0 spiro atoms. The second kappa shape index (κ2) is 4.62. The molecule has 0 fully saturated rings. The van der Waals surface area contributed by atoms with Gasteiger partial charge in [-0.2, -0.15) is 0 Å². The molecule has 0 amide bonds. The smallest absolute Gasteiger partial charge is 0.423 e. The summed E-state index contributed by atoms with van der Waals surface area (Å²) in [5.41, 5.74) is 1.72. The maximum atomic E-state index is 9.02. The van der Waals surface area contributed by atoms with Gasteiger partial charge in [-0.05, 0) is 22.9 Å². The Bertz CT molecular complexity index is 297. The van der Waals surface area contributed by atoms with Crippen LogP contribution in [0.3, 0.4) is 0 Å². The molecule has 0 heterocycles. The fraction of sp³-hybridized carbons (Fsp3) is 0.455. The van der Waals surface area contributed by atoms with E-state index in [1.807, 2.05) is 18.2 Å². The van der Waals surface area contributed by atoms with Gasteiger partial charge in [0.2, 0.25) is 0 Å². The zero-order valence-electron chi connectivity index (χ0n) is 8.94. The van der Waals surface area contributed by atoms with Crippen molar-refractivity contribution in [2.45, 2.75) is 26.7 Å². The van der Waals surface area contributed by atoms with Gasteiger partial charge in [-0.25, -0.2) is 0 Å². The summed E-state index contributed by atoms with van der Waals surface area (Å²) < 4.78 is 0. The maximum absolute atomic E-state index is 9.02. The molecular weight excluding hydrogens is 175 g/mol. The van der Waals surface area contributed by atoms with E-state index in [-0.39, 0.29) is 0 Å². The van der Waals surface area contributed by atoms with E-state index >= 15 is 0 Å². The van der Waals surface area contributed by atoms with E-state index in [0.717, 1.165) is 5.56 Å². The molecule has 2 N–H and O–H groups in total. The van der Waals surface area contributed by atoms with Crippen LogP contribution in [0.1, 0.15) is 32.3 Å². The van der Waals surface area contributed by atoms with Crippen LogP contribution in [0.25, 0.3) is 0 Å². The van der Waals surface area contributed by atoms with Crippen LogP contribution in [-0.4, -0.2) is 17.2 Å². The Hall–Kier alpha value is -0.795. The average molecular weight is 192 g/mol. The lowest BCUT2D eigenvalue weighted by Crippen LogP contribution is -2.30. The SMILES string of the molecule is CC(C)C(C)c1cccc(B(O)O)c1. The minimum Gasteiger partial charge on any atom is -0.423 e. The molecule has 0 aliphatic carbocycles. The first-order valence-corrected chi connectivity index (χ1v) is 4.98. The summed E-state index contributed by atoms with van der Waals surface area (Å²) >= 11 is 0. The molecule has 0 saturated carbocycles. The summed E-state index contributed by atoms with van der Waals surface area (Å²) in [5.74, 6) is 0.995. The Labute approximate surface area is 85.7 Å². The summed E-state index contributed by atoms with van der Waals surface area (Å²) in [6.45, 7) is 6.47. The van der Waals surface area contributed by atoms with Gasteiger partial charge in [-0.1, -0.05) is 45.0 Å². The van der Waals surface area contributed by atoms with Crippen LogP contribution in [0.4, 0.5) is 0 Å². The average Bonchev–Trinajstić information content (AvgIpc) is 2.16. The topological polar surface area (TPSA) is 40.5 Å². The first kappa shape index (κ1) is 11.3. The third-order valence-electron chi connectivity index (χ3n) is 2.73. The largest absolute Gasteiger partial charge is 0.488 e. The van der Waals surface area contributed by atoms with Crippen LogP contribution >= 0.6 is 0 Å². The summed E-state index contributed by atoms with van der Waals surface area (Å²) in [5, 5.41) is 18.0. The molecule has 0 radical (unpaired) electrons. The molecule has 0 bridgehead atoms. The van der Waals surface area contributed by atoms with Crippen LogP contribution in [0.5, 0.6) is 0 Å². The highest BCUT2D eigenvalue weighted by Gasteiger charge is 2.14. The molecule has 76 valence electrons. The maximum Gasteiger partial charge on any atom is 0.488 e. The molecule has 1 atom stereocenters. The molecule has 14 heavy (non-hydrogen) atoms. The molecule has 2 nitrogen and oxygen atoms in total. The van der Waals surface area contributed by atoms with Crippen molar-refractivity contribution in [1.29, 1.82) is 0 Å². The molecule has 0 saturated heterocycles. The Morgan fingerprint density at radius 3 is 2.29 bits per heavy atom. The first-order valence-electron chi connectivity index (χ1n) is 4.98. The predicted octanol–water partition coefficient (Wildman–Crippen LogP) is 1.13. The van der Waals surface area contributed by atoms with Crippen molar-refractivity contribution in [3.05, 3.63) is 29.8 Å². The zero-order chi connectivity index (χ0) is 10.7. The zero-order valence-corrected chi connectivity index (χ0v) is 8.94. The quantitative estimate of drug-likeness (QED) is 0.704. The van der Waals surface area contributed by atoms with Crippen molar-refractivity contribution in [2.24, 2.45) is 5.92 Å². The molecule has 1 aromatic carbocycles. The summed E-state index contributed by atoms with van der Waals surface area (Å²) in [7, 11) is -1.37. The Kier molecular flexibility index (Phi) is 3.73. The molecule has 1 aromatic rings. The number of hydrogen-bond donors (Lipinski definition) is 2. The third-order valence-corrected chi connectivity index (χ3v) is 2.73. The highest BCUT2D eigenvalue weighted by atomic mass is 16.4. The normalized spacial score (nSPS) is 13.0. The fourth-order valence-corrected chi connectivity index (χ4v) is 1.39. The van der Waals surface area contributed by atoms with Gasteiger partial charge in [0.1, 0.15) is 0 Å². The Morgan fingerprint density at radius 2 is 1.79 bits per heavy atom. The molecule has 1 unspecified atom stereocenters. The van der Waals surface area contributed by atoms with Gasteiger partial charge in [-0.15, -0.1) is 0 Å². The van der Waals surface area contributed by atoms with Crippen LogP contribution in [-0.2, 0) is 0 Å².